The van der Waals surface area contributed by atoms with Crippen molar-refractivity contribution in [3.63, 3.8) is 0 Å². The molecule has 0 atom stereocenters. The fourth-order valence-electron chi connectivity index (χ4n) is 2.31. The fraction of sp³-hybridized carbons (Fsp3) is 0.250. The number of hydrogen-bond acceptors (Lipinski definition) is 2. The molecule has 0 heterocycles. The summed E-state index contributed by atoms with van der Waals surface area (Å²) in [6.45, 7) is 6.47. The van der Waals surface area contributed by atoms with Crippen LogP contribution in [0.4, 0.5) is 5.69 Å². The Hall–Kier alpha value is -1.74. The number of para-hydroxylation sites is 2. The lowest BCUT2D eigenvalue weighted by Crippen LogP contribution is -2.56. The number of phenolic OH excluding ortho intramolecular Hbond substituents is 1. The number of phenols is 1. The molecule has 3 heteroatoms. The molecule has 0 saturated heterocycles. The minimum absolute atomic E-state index is 0.446. The third-order valence-corrected chi connectivity index (χ3v) is 7.54. The summed E-state index contributed by atoms with van der Waals surface area (Å²) in [7, 11) is 0.198. The molecule has 0 fully saturated rings. The molecule has 100 valence electrons. The second-order valence-corrected chi connectivity index (χ2v) is 9.75. The van der Waals surface area contributed by atoms with Crippen LogP contribution in [0.3, 0.4) is 0 Å². The quantitative estimate of drug-likeness (QED) is 0.866. The first-order valence-electron chi connectivity index (χ1n) is 6.52. The van der Waals surface area contributed by atoms with Crippen LogP contribution in [0.5, 0.6) is 5.75 Å². The molecule has 2 nitrogen and oxygen atoms in total. The van der Waals surface area contributed by atoms with E-state index in [1.54, 1.807) is 0 Å². The van der Waals surface area contributed by atoms with E-state index in [9.17, 15) is 5.11 Å². The molecule has 0 saturated carbocycles. The average molecular weight is 271 g/mol. The van der Waals surface area contributed by atoms with E-state index >= 15 is 0 Å². The topological polar surface area (TPSA) is 23.5 Å². The van der Waals surface area contributed by atoms with E-state index in [0.717, 1.165) is 10.8 Å². The summed E-state index contributed by atoms with van der Waals surface area (Å²) in [5.41, 5.74) is 2.14. The number of aromatic hydroxyl groups is 1. The molecule has 0 bridgehead atoms. The van der Waals surface area contributed by atoms with Crippen LogP contribution < -0.4 is 9.75 Å². The zero-order chi connectivity index (χ0) is 14.0. The van der Waals surface area contributed by atoms with E-state index in [1.807, 2.05) is 43.3 Å². The van der Waals surface area contributed by atoms with Gasteiger partial charge in [0.05, 0.1) is 0 Å². The van der Waals surface area contributed by atoms with E-state index in [4.69, 9.17) is 0 Å². The molecule has 0 aliphatic heterocycles. The van der Waals surface area contributed by atoms with Gasteiger partial charge in [-0.3, -0.25) is 0 Å². The van der Waals surface area contributed by atoms with Crippen LogP contribution in [0.15, 0.2) is 48.5 Å². The highest BCUT2D eigenvalue weighted by atomic mass is 28.3. The predicted octanol–water partition coefficient (Wildman–Crippen LogP) is 3.25. The average Bonchev–Trinajstić information content (AvgIpc) is 2.41. The molecule has 2 aromatic rings. The molecule has 0 amide bonds. The third-order valence-electron chi connectivity index (χ3n) is 3.88. The highest BCUT2D eigenvalue weighted by Crippen LogP contribution is 2.23. The van der Waals surface area contributed by atoms with Gasteiger partial charge in [-0.2, -0.15) is 0 Å². The number of benzene rings is 2. The summed E-state index contributed by atoms with van der Waals surface area (Å²) in [4.78, 5) is 0. The van der Waals surface area contributed by atoms with Gasteiger partial charge in [0, 0.05) is 10.9 Å². The Labute approximate surface area is 116 Å². The summed E-state index contributed by atoms with van der Waals surface area (Å²) >= 11 is 0. The van der Waals surface area contributed by atoms with E-state index in [1.165, 1.54) is 5.69 Å². The molecule has 2 aromatic carbocycles. The molecule has 0 aliphatic carbocycles. The second-order valence-electron chi connectivity index (χ2n) is 5.42. The van der Waals surface area contributed by atoms with Gasteiger partial charge in [-0.25, -0.2) is 0 Å². The SMILES string of the molecule is Cc1cccc([Si](C)(C)N(C)c2ccccc2)c1O. The zero-order valence-corrected chi connectivity index (χ0v) is 13.0. The van der Waals surface area contributed by atoms with Crippen molar-refractivity contribution in [3.8, 4) is 5.75 Å². The summed E-state index contributed by atoms with van der Waals surface area (Å²) in [6.07, 6.45) is 0. The van der Waals surface area contributed by atoms with Crippen LogP contribution in [0.2, 0.25) is 13.1 Å². The molecule has 1 N–H and O–H groups in total. The summed E-state index contributed by atoms with van der Waals surface area (Å²) in [6, 6.07) is 16.4. The van der Waals surface area contributed by atoms with E-state index in [-0.39, 0.29) is 0 Å². The maximum Gasteiger partial charge on any atom is 0.185 e. The first kappa shape index (κ1) is 13.7. The molecule has 19 heavy (non-hydrogen) atoms. The van der Waals surface area contributed by atoms with Crippen molar-refractivity contribution in [2.75, 3.05) is 11.6 Å². The van der Waals surface area contributed by atoms with Crippen molar-refractivity contribution in [2.45, 2.75) is 20.0 Å². The van der Waals surface area contributed by atoms with Crippen molar-refractivity contribution >= 4 is 19.1 Å². The first-order chi connectivity index (χ1) is 8.94. The molecule has 0 spiro atoms. The fourth-order valence-corrected chi connectivity index (χ4v) is 4.74. The van der Waals surface area contributed by atoms with E-state index in [2.05, 4.69) is 36.8 Å². The molecule has 0 aliphatic rings. The van der Waals surface area contributed by atoms with Crippen molar-refractivity contribution in [3.05, 3.63) is 54.1 Å². The lowest BCUT2D eigenvalue weighted by molar-refractivity contribution is 0.475. The maximum absolute atomic E-state index is 10.3. The Morgan fingerprint density at radius 3 is 2.21 bits per heavy atom. The second kappa shape index (κ2) is 5.09. The van der Waals surface area contributed by atoms with Crippen LogP contribution in [0, 0.1) is 6.92 Å². The Morgan fingerprint density at radius 2 is 1.58 bits per heavy atom. The summed E-state index contributed by atoms with van der Waals surface area (Å²) in [5, 5.41) is 11.4. The Kier molecular flexibility index (Phi) is 3.67. The van der Waals surface area contributed by atoms with Gasteiger partial charge in [-0.15, -0.1) is 0 Å². The number of rotatable bonds is 3. The van der Waals surface area contributed by atoms with E-state index < -0.39 is 8.24 Å². The van der Waals surface area contributed by atoms with Gasteiger partial charge in [0.2, 0.25) is 0 Å². The largest absolute Gasteiger partial charge is 0.508 e. The third kappa shape index (κ3) is 2.51. The van der Waals surface area contributed by atoms with Crippen LogP contribution >= 0.6 is 0 Å². The van der Waals surface area contributed by atoms with Crippen LogP contribution in [0.1, 0.15) is 5.56 Å². The molecular formula is C16H21NOSi. The van der Waals surface area contributed by atoms with Gasteiger partial charge in [0.25, 0.3) is 0 Å². The van der Waals surface area contributed by atoms with Gasteiger partial charge < -0.3 is 9.67 Å². The Balaban J connectivity index is 2.45. The van der Waals surface area contributed by atoms with Crippen molar-refractivity contribution < 1.29 is 5.11 Å². The standard InChI is InChI=1S/C16H21NOSi/c1-13-9-8-12-15(16(13)18)19(3,4)17(2)14-10-6-5-7-11-14/h5-12,18H,1-4H3. The lowest BCUT2D eigenvalue weighted by Gasteiger charge is -2.36. The highest BCUT2D eigenvalue weighted by molar-refractivity contribution is 6.93. The van der Waals surface area contributed by atoms with Gasteiger partial charge in [-0.1, -0.05) is 36.4 Å². The normalized spacial score (nSPS) is 11.4. The summed E-state index contributed by atoms with van der Waals surface area (Å²) < 4.78 is 2.32. The number of anilines is 1. The van der Waals surface area contributed by atoms with E-state index in [0.29, 0.717) is 5.75 Å². The molecule has 0 unspecified atom stereocenters. The molecule has 2 rings (SSSR count). The lowest BCUT2D eigenvalue weighted by atomic mass is 10.2. The van der Waals surface area contributed by atoms with Gasteiger partial charge in [0.15, 0.2) is 8.24 Å². The molecule has 0 radical (unpaired) electrons. The Bertz CT molecular complexity index is 566. The number of hydrogen-bond donors (Lipinski definition) is 1. The Morgan fingerprint density at radius 1 is 0.947 bits per heavy atom. The minimum atomic E-state index is -1.92. The van der Waals surface area contributed by atoms with Crippen LogP contribution in [-0.4, -0.2) is 20.4 Å². The van der Waals surface area contributed by atoms with Crippen molar-refractivity contribution in [2.24, 2.45) is 0 Å². The first-order valence-corrected chi connectivity index (χ1v) is 9.47. The monoisotopic (exact) mass is 271 g/mol. The smallest absolute Gasteiger partial charge is 0.185 e. The minimum Gasteiger partial charge on any atom is -0.508 e. The molecular weight excluding hydrogens is 250 g/mol. The highest BCUT2D eigenvalue weighted by Gasteiger charge is 2.32. The molecule has 0 aromatic heterocycles. The zero-order valence-electron chi connectivity index (χ0n) is 12.0. The summed E-state index contributed by atoms with van der Waals surface area (Å²) in [5.74, 6) is 0.446. The van der Waals surface area contributed by atoms with Crippen LogP contribution in [0.25, 0.3) is 0 Å². The van der Waals surface area contributed by atoms with Gasteiger partial charge in [-0.05, 0) is 44.8 Å². The van der Waals surface area contributed by atoms with Crippen LogP contribution in [-0.2, 0) is 0 Å². The number of nitrogens with zero attached hydrogens (tertiary/aromatic N) is 1. The van der Waals surface area contributed by atoms with Gasteiger partial charge in [0.1, 0.15) is 5.75 Å². The van der Waals surface area contributed by atoms with Crippen molar-refractivity contribution in [1.82, 2.24) is 0 Å². The predicted molar refractivity (Wildman–Crippen MR) is 84.8 cm³/mol. The maximum atomic E-state index is 10.3. The van der Waals surface area contributed by atoms with Gasteiger partial charge >= 0.3 is 0 Å². The number of aryl methyl sites for hydroxylation is 1. The van der Waals surface area contributed by atoms with Crippen molar-refractivity contribution in [1.29, 1.82) is 0 Å².